The Balaban J connectivity index is 1.54. The molecular formula is C25H23FN8O. The summed E-state index contributed by atoms with van der Waals surface area (Å²) in [6.45, 7) is 2.95. The van der Waals surface area contributed by atoms with Crippen LogP contribution in [0.3, 0.4) is 0 Å². The highest BCUT2D eigenvalue weighted by molar-refractivity contribution is 5.85. The summed E-state index contributed by atoms with van der Waals surface area (Å²) in [5, 5.41) is 3.04. The fraction of sp³-hybridized carbons (Fsp3) is 0.160. The van der Waals surface area contributed by atoms with Gasteiger partial charge >= 0.3 is 0 Å². The Hall–Kier alpha value is -4.44. The lowest BCUT2D eigenvalue weighted by molar-refractivity contribution is 0.315. The first kappa shape index (κ1) is 22.4. The Bertz CT molecular complexity index is 1490. The van der Waals surface area contributed by atoms with E-state index in [1.54, 1.807) is 18.3 Å². The molecule has 0 atom stereocenters. The van der Waals surface area contributed by atoms with Gasteiger partial charge in [0.25, 0.3) is 0 Å². The fourth-order valence-electron chi connectivity index (χ4n) is 3.66. The molecule has 35 heavy (non-hydrogen) atoms. The molecule has 5 aromatic rings. The predicted octanol–water partition coefficient (Wildman–Crippen LogP) is 3.87. The molecule has 0 aliphatic rings. The summed E-state index contributed by atoms with van der Waals surface area (Å²) in [5.41, 5.74) is 11.1. The second-order valence-corrected chi connectivity index (χ2v) is 7.82. The number of anilines is 1. The maximum absolute atomic E-state index is 14.0. The van der Waals surface area contributed by atoms with Crippen LogP contribution in [0, 0.1) is 12.9 Å². The van der Waals surface area contributed by atoms with Gasteiger partial charge in [-0.15, -0.1) is 0 Å². The molecule has 1 aromatic carbocycles. The van der Waals surface area contributed by atoms with Crippen molar-refractivity contribution in [1.29, 1.82) is 0 Å². The van der Waals surface area contributed by atoms with Gasteiger partial charge < -0.3 is 20.8 Å². The van der Waals surface area contributed by atoms with Crippen molar-refractivity contribution in [3.63, 3.8) is 0 Å². The van der Waals surface area contributed by atoms with Crippen LogP contribution in [0.1, 0.15) is 11.5 Å². The van der Waals surface area contributed by atoms with Gasteiger partial charge in [0.2, 0.25) is 11.8 Å². The van der Waals surface area contributed by atoms with E-state index < -0.39 is 5.95 Å². The van der Waals surface area contributed by atoms with Crippen LogP contribution in [0.4, 0.5) is 10.1 Å². The number of ether oxygens (including phenoxy) is 1. The molecule has 0 saturated heterocycles. The van der Waals surface area contributed by atoms with Crippen LogP contribution in [0.2, 0.25) is 0 Å². The number of aromatic amines is 1. The number of imidazole rings is 1. The summed E-state index contributed by atoms with van der Waals surface area (Å²) in [7, 11) is 0. The predicted molar refractivity (Wildman–Crippen MR) is 131 cm³/mol. The number of benzene rings is 1. The maximum Gasteiger partial charge on any atom is 0.236 e. The molecule has 0 amide bonds. The summed E-state index contributed by atoms with van der Waals surface area (Å²) in [5.74, 6) is 0.460. The summed E-state index contributed by atoms with van der Waals surface area (Å²) >= 11 is 0. The molecule has 0 radical (unpaired) electrons. The third-order valence-electron chi connectivity index (χ3n) is 5.27. The van der Waals surface area contributed by atoms with E-state index >= 15 is 0 Å². The number of nitrogens with two attached hydrogens (primary N) is 1. The molecule has 5 rings (SSSR count). The zero-order chi connectivity index (χ0) is 24.2. The first-order valence-corrected chi connectivity index (χ1v) is 11.1. The minimum absolute atomic E-state index is 0.270. The Kier molecular flexibility index (Phi) is 6.27. The average Bonchev–Trinajstić information content (AvgIpc) is 3.31. The van der Waals surface area contributed by atoms with Gasteiger partial charge in [0.15, 0.2) is 0 Å². The Morgan fingerprint density at radius 1 is 1.03 bits per heavy atom. The van der Waals surface area contributed by atoms with Crippen LogP contribution in [0.15, 0.2) is 60.9 Å². The fourth-order valence-corrected chi connectivity index (χ4v) is 3.66. The lowest BCUT2D eigenvalue weighted by Gasteiger charge is -2.07. The molecule has 0 saturated carbocycles. The zero-order valence-electron chi connectivity index (χ0n) is 19.0. The van der Waals surface area contributed by atoms with Crippen molar-refractivity contribution in [2.45, 2.75) is 13.5 Å². The van der Waals surface area contributed by atoms with Crippen LogP contribution < -0.4 is 15.8 Å². The Morgan fingerprint density at radius 3 is 2.77 bits per heavy atom. The SMILES string of the molecule is Cc1cccc(-c2nc(CNc3cccnc3F)[nH]c2-c2ccc3ncc(OCCN)nc3c2)n1. The lowest BCUT2D eigenvalue weighted by Crippen LogP contribution is -2.11. The van der Waals surface area contributed by atoms with Gasteiger partial charge in [-0.3, -0.25) is 4.98 Å². The number of pyridine rings is 2. The van der Waals surface area contributed by atoms with E-state index in [2.05, 4.69) is 30.2 Å². The van der Waals surface area contributed by atoms with Gasteiger partial charge in [0, 0.05) is 24.0 Å². The van der Waals surface area contributed by atoms with Crippen molar-refractivity contribution in [2.75, 3.05) is 18.5 Å². The minimum Gasteiger partial charge on any atom is -0.475 e. The molecule has 10 heteroatoms. The number of aryl methyl sites for hydroxylation is 1. The maximum atomic E-state index is 14.0. The normalized spacial score (nSPS) is 11.1. The molecule has 0 bridgehead atoms. The van der Waals surface area contributed by atoms with Crippen molar-refractivity contribution in [3.8, 4) is 28.5 Å². The molecule has 0 aliphatic carbocycles. The number of hydrogen-bond acceptors (Lipinski definition) is 8. The molecule has 0 spiro atoms. The number of halogens is 1. The smallest absolute Gasteiger partial charge is 0.236 e. The highest BCUT2D eigenvalue weighted by atomic mass is 19.1. The van der Waals surface area contributed by atoms with Gasteiger partial charge in [0.05, 0.1) is 40.9 Å². The molecule has 4 aromatic heterocycles. The van der Waals surface area contributed by atoms with Crippen molar-refractivity contribution < 1.29 is 9.13 Å². The van der Waals surface area contributed by atoms with E-state index in [0.29, 0.717) is 41.8 Å². The average molecular weight is 471 g/mol. The quantitative estimate of drug-likeness (QED) is 0.292. The molecular weight excluding hydrogens is 447 g/mol. The summed E-state index contributed by atoms with van der Waals surface area (Å²) in [6.07, 6.45) is 2.99. The van der Waals surface area contributed by atoms with E-state index in [0.717, 1.165) is 28.2 Å². The summed E-state index contributed by atoms with van der Waals surface area (Å²) in [6, 6.07) is 14.8. The van der Waals surface area contributed by atoms with Gasteiger partial charge in [-0.05, 0) is 43.3 Å². The van der Waals surface area contributed by atoms with E-state index in [1.165, 1.54) is 6.20 Å². The number of hydrogen-bond donors (Lipinski definition) is 3. The lowest BCUT2D eigenvalue weighted by atomic mass is 10.1. The second kappa shape index (κ2) is 9.82. The van der Waals surface area contributed by atoms with Crippen LogP contribution in [-0.2, 0) is 6.54 Å². The monoisotopic (exact) mass is 470 g/mol. The number of aromatic nitrogens is 6. The van der Waals surface area contributed by atoms with Gasteiger partial charge in [-0.25, -0.2) is 19.9 Å². The third kappa shape index (κ3) is 4.92. The highest BCUT2D eigenvalue weighted by Crippen LogP contribution is 2.31. The van der Waals surface area contributed by atoms with Gasteiger partial charge in [-0.1, -0.05) is 12.1 Å². The number of nitrogens with one attached hydrogen (secondary N) is 2. The Morgan fingerprint density at radius 2 is 1.94 bits per heavy atom. The second-order valence-electron chi connectivity index (χ2n) is 7.82. The van der Waals surface area contributed by atoms with Crippen molar-refractivity contribution in [1.82, 2.24) is 29.9 Å². The molecule has 0 aliphatic heterocycles. The third-order valence-corrected chi connectivity index (χ3v) is 5.27. The number of H-pyrrole nitrogens is 1. The number of nitrogens with zero attached hydrogens (tertiary/aromatic N) is 5. The standard InChI is InChI=1S/C25H23FN8O/c1-15-4-2-5-18(31-15)24-23(33-21(34-24)13-29-19-6-3-10-28-25(19)26)16-7-8-17-20(12-16)32-22(14-30-17)35-11-9-27/h2-8,10,12,14,29H,9,11,13,27H2,1H3,(H,33,34). The van der Waals surface area contributed by atoms with E-state index in [9.17, 15) is 4.39 Å². The zero-order valence-corrected chi connectivity index (χ0v) is 19.0. The highest BCUT2D eigenvalue weighted by Gasteiger charge is 2.17. The summed E-state index contributed by atoms with van der Waals surface area (Å²) in [4.78, 5) is 25.5. The van der Waals surface area contributed by atoms with Crippen LogP contribution >= 0.6 is 0 Å². The largest absolute Gasteiger partial charge is 0.475 e. The molecule has 4 N–H and O–H groups in total. The summed E-state index contributed by atoms with van der Waals surface area (Å²) < 4.78 is 19.5. The van der Waals surface area contributed by atoms with E-state index in [4.69, 9.17) is 15.5 Å². The van der Waals surface area contributed by atoms with Crippen molar-refractivity contribution in [2.24, 2.45) is 5.73 Å². The topological polar surface area (TPSA) is 128 Å². The van der Waals surface area contributed by atoms with Crippen molar-refractivity contribution in [3.05, 3.63) is 78.4 Å². The van der Waals surface area contributed by atoms with Gasteiger partial charge in [0.1, 0.15) is 18.1 Å². The molecule has 0 fully saturated rings. The van der Waals surface area contributed by atoms with Crippen molar-refractivity contribution >= 4 is 16.7 Å². The minimum atomic E-state index is -0.569. The molecule has 4 heterocycles. The van der Waals surface area contributed by atoms with Crippen LogP contribution in [0.5, 0.6) is 5.88 Å². The van der Waals surface area contributed by atoms with E-state index in [1.807, 2.05) is 43.3 Å². The van der Waals surface area contributed by atoms with Gasteiger partial charge in [-0.2, -0.15) is 4.39 Å². The van der Waals surface area contributed by atoms with E-state index in [-0.39, 0.29) is 6.54 Å². The molecule has 176 valence electrons. The number of fused-ring (bicyclic) bond motifs is 1. The molecule has 0 unspecified atom stereocenters. The number of rotatable bonds is 8. The first-order valence-electron chi connectivity index (χ1n) is 11.1. The Labute approximate surface area is 200 Å². The first-order chi connectivity index (χ1) is 17.1. The molecule has 9 nitrogen and oxygen atoms in total. The van der Waals surface area contributed by atoms with Crippen LogP contribution in [-0.4, -0.2) is 43.1 Å². The van der Waals surface area contributed by atoms with Crippen LogP contribution in [0.25, 0.3) is 33.7 Å².